The van der Waals surface area contributed by atoms with Gasteiger partial charge in [-0.1, -0.05) is 17.7 Å². The van der Waals surface area contributed by atoms with E-state index in [0.29, 0.717) is 10.8 Å². The van der Waals surface area contributed by atoms with E-state index in [1.807, 2.05) is 0 Å². The summed E-state index contributed by atoms with van der Waals surface area (Å²) in [5.74, 6) is -0.238. The van der Waals surface area contributed by atoms with Crippen LogP contribution in [0, 0.1) is 0 Å². The van der Waals surface area contributed by atoms with Crippen molar-refractivity contribution in [1.29, 1.82) is 0 Å². The van der Waals surface area contributed by atoms with E-state index in [1.54, 1.807) is 44.4 Å². The van der Waals surface area contributed by atoms with Gasteiger partial charge < -0.3 is 14.8 Å². The number of nitrogens with one attached hydrogen (secondary N) is 1. The number of amides is 1. The van der Waals surface area contributed by atoms with Crippen molar-refractivity contribution in [2.45, 2.75) is 13.7 Å². The Balaban J connectivity index is 1.66. The molecule has 0 fully saturated rings. The molecule has 10 heteroatoms. The van der Waals surface area contributed by atoms with Crippen LogP contribution in [0.4, 0.5) is 5.82 Å². The predicted octanol–water partition coefficient (Wildman–Crippen LogP) is 2.74. The summed E-state index contributed by atoms with van der Waals surface area (Å²) in [6, 6.07) is 8.50. The zero-order valence-corrected chi connectivity index (χ0v) is 16.0. The van der Waals surface area contributed by atoms with Gasteiger partial charge in [-0.25, -0.2) is 9.48 Å². The first-order valence-electron chi connectivity index (χ1n) is 8.40. The van der Waals surface area contributed by atoms with Gasteiger partial charge in [-0.2, -0.15) is 10.2 Å². The lowest BCUT2D eigenvalue weighted by Gasteiger charge is -2.07. The summed E-state index contributed by atoms with van der Waals surface area (Å²) < 4.78 is 13.4. The van der Waals surface area contributed by atoms with Crippen LogP contribution in [0.15, 0.2) is 42.7 Å². The number of rotatable bonds is 7. The molecule has 1 amide bonds. The predicted molar refractivity (Wildman–Crippen MR) is 101 cm³/mol. The number of aromatic nitrogens is 4. The van der Waals surface area contributed by atoms with E-state index in [-0.39, 0.29) is 30.4 Å². The minimum Gasteiger partial charge on any atom is -0.471 e. The van der Waals surface area contributed by atoms with E-state index in [0.717, 1.165) is 0 Å². The second-order valence-electron chi connectivity index (χ2n) is 5.68. The average Bonchev–Trinajstić information content (AvgIpc) is 3.28. The number of nitrogens with zero attached hydrogens (tertiary/aromatic N) is 4. The Bertz CT molecular complexity index is 998. The lowest BCUT2D eigenvalue weighted by molar-refractivity contribution is 0.0527. The summed E-state index contributed by atoms with van der Waals surface area (Å²) in [6.45, 7) is 2.02. The highest BCUT2D eigenvalue weighted by Crippen LogP contribution is 2.18. The number of hydrogen-bond donors (Lipinski definition) is 1. The normalized spacial score (nSPS) is 10.5. The highest BCUT2D eigenvalue weighted by atomic mass is 35.5. The highest BCUT2D eigenvalue weighted by molar-refractivity contribution is 6.30. The first kappa shape index (κ1) is 19.4. The molecule has 146 valence electrons. The molecule has 9 nitrogen and oxygen atoms in total. The van der Waals surface area contributed by atoms with Crippen LogP contribution in [-0.4, -0.2) is 38.0 Å². The number of carbonyl (C=O) groups is 2. The molecule has 0 saturated carbocycles. The van der Waals surface area contributed by atoms with Crippen molar-refractivity contribution in [3.63, 3.8) is 0 Å². The van der Waals surface area contributed by atoms with Crippen LogP contribution < -0.4 is 10.1 Å². The van der Waals surface area contributed by atoms with E-state index in [4.69, 9.17) is 21.1 Å². The molecule has 3 aromatic rings. The maximum absolute atomic E-state index is 12.5. The number of esters is 1. The minimum atomic E-state index is -0.564. The fourth-order valence-corrected chi connectivity index (χ4v) is 2.55. The molecule has 1 N–H and O–H groups in total. The molecule has 0 aliphatic carbocycles. The van der Waals surface area contributed by atoms with Crippen LogP contribution in [0.2, 0.25) is 5.02 Å². The molecule has 0 saturated heterocycles. The fourth-order valence-electron chi connectivity index (χ4n) is 2.37. The molecular formula is C18H18ClN5O4. The van der Waals surface area contributed by atoms with Crippen molar-refractivity contribution in [3.8, 4) is 5.75 Å². The van der Waals surface area contributed by atoms with Gasteiger partial charge in [0.05, 0.1) is 12.8 Å². The number of benzene rings is 1. The summed E-state index contributed by atoms with van der Waals surface area (Å²) in [7, 11) is 1.61. The third-order valence-corrected chi connectivity index (χ3v) is 3.93. The number of anilines is 1. The van der Waals surface area contributed by atoms with E-state index in [1.165, 1.54) is 21.6 Å². The minimum absolute atomic E-state index is 0.105. The smallest absolute Gasteiger partial charge is 0.343 e. The number of hydrogen-bond acceptors (Lipinski definition) is 6. The van der Waals surface area contributed by atoms with Crippen molar-refractivity contribution in [2.75, 3.05) is 11.9 Å². The third kappa shape index (κ3) is 4.49. The van der Waals surface area contributed by atoms with Gasteiger partial charge in [-0.15, -0.1) is 0 Å². The number of halogens is 1. The van der Waals surface area contributed by atoms with Crippen molar-refractivity contribution in [2.24, 2.45) is 7.05 Å². The maximum atomic E-state index is 12.5. The van der Waals surface area contributed by atoms with Crippen LogP contribution in [0.1, 0.15) is 27.8 Å². The monoisotopic (exact) mass is 403 g/mol. The van der Waals surface area contributed by atoms with E-state index >= 15 is 0 Å². The summed E-state index contributed by atoms with van der Waals surface area (Å²) in [5.41, 5.74) is 0.326. The summed E-state index contributed by atoms with van der Waals surface area (Å²) in [4.78, 5) is 24.5. The Hall–Kier alpha value is -3.33. The van der Waals surface area contributed by atoms with E-state index < -0.39 is 11.9 Å². The quantitative estimate of drug-likeness (QED) is 0.609. The molecule has 0 radical (unpaired) electrons. The molecule has 28 heavy (non-hydrogen) atoms. The third-order valence-electron chi connectivity index (χ3n) is 3.70. The molecule has 0 unspecified atom stereocenters. The largest absolute Gasteiger partial charge is 0.471 e. The van der Waals surface area contributed by atoms with Gasteiger partial charge in [-0.3, -0.25) is 9.48 Å². The molecule has 2 heterocycles. The van der Waals surface area contributed by atoms with Gasteiger partial charge in [0.15, 0.2) is 12.4 Å². The summed E-state index contributed by atoms with van der Waals surface area (Å²) >= 11 is 5.91. The van der Waals surface area contributed by atoms with Gasteiger partial charge >= 0.3 is 5.97 Å². The maximum Gasteiger partial charge on any atom is 0.343 e. The van der Waals surface area contributed by atoms with Crippen LogP contribution in [0.5, 0.6) is 5.75 Å². The molecular weight excluding hydrogens is 386 g/mol. The van der Waals surface area contributed by atoms with Crippen molar-refractivity contribution < 1.29 is 19.1 Å². The Kier molecular flexibility index (Phi) is 5.95. The Labute approximate surface area is 165 Å². The highest BCUT2D eigenvalue weighted by Gasteiger charge is 2.20. The van der Waals surface area contributed by atoms with Gasteiger partial charge in [0.2, 0.25) is 0 Å². The first-order chi connectivity index (χ1) is 13.5. The molecule has 3 rings (SSSR count). The van der Waals surface area contributed by atoms with Crippen molar-refractivity contribution >= 4 is 29.3 Å². The molecule has 0 bridgehead atoms. The van der Waals surface area contributed by atoms with Crippen molar-refractivity contribution in [1.82, 2.24) is 19.6 Å². The van der Waals surface area contributed by atoms with Gasteiger partial charge in [-0.05, 0) is 31.2 Å². The first-order valence-corrected chi connectivity index (χ1v) is 8.78. The van der Waals surface area contributed by atoms with Crippen LogP contribution >= 0.6 is 11.6 Å². The number of carbonyl (C=O) groups excluding carboxylic acids is 2. The molecule has 2 aromatic heterocycles. The second kappa shape index (κ2) is 8.57. The standard InChI is InChI=1S/C18H18ClN5O4/c1-3-27-18(26)14-10-20-23(2)16(14)21-17(25)15-7-8-24(22-15)11-28-13-6-4-5-12(19)9-13/h4-10H,3,11H2,1-2H3,(H,21,25). The summed E-state index contributed by atoms with van der Waals surface area (Å²) in [6.07, 6.45) is 2.94. The SMILES string of the molecule is CCOC(=O)c1cnn(C)c1NC(=O)c1ccn(COc2cccc(Cl)c2)n1. The topological polar surface area (TPSA) is 100 Å². The van der Waals surface area contributed by atoms with Crippen molar-refractivity contribution in [3.05, 3.63) is 59.0 Å². The second-order valence-corrected chi connectivity index (χ2v) is 6.11. The zero-order chi connectivity index (χ0) is 20.1. The fraction of sp³-hybridized carbons (Fsp3) is 0.222. The molecule has 0 atom stereocenters. The number of ether oxygens (including phenoxy) is 2. The Morgan fingerprint density at radius 2 is 2.11 bits per heavy atom. The van der Waals surface area contributed by atoms with Gasteiger partial charge in [0.1, 0.15) is 17.1 Å². The Morgan fingerprint density at radius 3 is 2.86 bits per heavy atom. The average molecular weight is 404 g/mol. The zero-order valence-electron chi connectivity index (χ0n) is 15.3. The van der Waals surface area contributed by atoms with Gasteiger partial charge in [0, 0.05) is 18.3 Å². The van der Waals surface area contributed by atoms with E-state index in [9.17, 15) is 9.59 Å². The molecule has 0 aliphatic rings. The summed E-state index contributed by atoms with van der Waals surface area (Å²) in [5, 5.41) is 11.4. The molecule has 1 aromatic carbocycles. The van der Waals surface area contributed by atoms with Gasteiger partial charge in [0.25, 0.3) is 5.91 Å². The van der Waals surface area contributed by atoms with Crippen LogP contribution in [0.3, 0.4) is 0 Å². The van der Waals surface area contributed by atoms with Crippen LogP contribution in [-0.2, 0) is 18.5 Å². The molecule has 0 aliphatic heterocycles. The van der Waals surface area contributed by atoms with E-state index in [2.05, 4.69) is 15.5 Å². The lowest BCUT2D eigenvalue weighted by Crippen LogP contribution is -2.18. The number of aryl methyl sites for hydroxylation is 1. The molecule has 0 spiro atoms. The Morgan fingerprint density at radius 1 is 1.29 bits per heavy atom. The lowest BCUT2D eigenvalue weighted by atomic mass is 10.3. The van der Waals surface area contributed by atoms with Crippen LogP contribution in [0.25, 0.3) is 0 Å².